The highest BCUT2D eigenvalue weighted by molar-refractivity contribution is 5.90. The summed E-state index contributed by atoms with van der Waals surface area (Å²) in [6.45, 7) is 12.1. The molecule has 3 aliphatic rings. The van der Waals surface area contributed by atoms with E-state index in [-0.39, 0.29) is 22.5 Å². The second-order valence-electron chi connectivity index (χ2n) is 9.96. The van der Waals surface area contributed by atoms with E-state index in [1.165, 1.54) is 6.07 Å². The summed E-state index contributed by atoms with van der Waals surface area (Å²) >= 11 is 0. The second-order valence-corrected chi connectivity index (χ2v) is 9.96. The lowest BCUT2D eigenvalue weighted by Gasteiger charge is -2.47. The van der Waals surface area contributed by atoms with Crippen molar-refractivity contribution >= 4 is 17.6 Å². The Labute approximate surface area is 184 Å². The molecule has 1 atom stereocenters. The summed E-state index contributed by atoms with van der Waals surface area (Å²) in [6, 6.07) is 5.97. The highest BCUT2D eigenvalue weighted by Gasteiger charge is 2.64. The van der Waals surface area contributed by atoms with Crippen molar-refractivity contribution in [3.05, 3.63) is 30.1 Å². The maximum absolute atomic E-state index is 13.9. The fraction of sp³-hybridized carbons (Fsp3) is 0.667. The zero-order valence-electron chi connectivity index (χ0n) is 19.0. The lowest BCUT2D eigenvalue weighted by atomic mass is 9.60. The first-order valence-corrected chi connectivity index (χ1v) is 11.6. The van der Waals surface area contributed by atoms with Gasteiger partial charge in [0.15, 0.2) is 0 Å². The molecule has 1 unspecified atom stereocenters. The van der Waals surface area contributed by atoms with Crippen LogP contribution >= 0.6 is 0 Å². The van der Waals surface area contributed by atoms with E-state index in [2.05, 4.69) is 31.0 Å². The molecule has 1 aromatic carbocycles. The molecular formula is C24H35FN4O2. The van der Waals surface area contributed by atoms with Gasteiger partial charge in [0, 0.05) is 51.2 Å². The molecule has 3 aliphatic heterocycles. The van der Waals surface area contributed by atoms with Gasteiger partial charge in [0.2, 0.25) is 5.91 Å². The Morgan fingerprint density at radius 3 is 2.45 bits per heavy atom. The van der Waals surface area contributed by atoms with E-state index in [4.69, 9.17) is 0 Å². The monoisotopic (exact) mass is 430 g/mol. The Bertz CT molecular complexity index is 837. The van der Waals surface area contributed by atoms with Crippen molar-refractivity contribution < 1.29 is 14.0 Å². The normalized spacial score (nSPS) is 25.9. The molecule has 1 N–H and O–H groups in total. The zero-order chi connectivity index (χ0) is 22.2. The average molecular weight is 431 g/mol. The number of halogens is 1. The molecule has 0 aromatic heterocycles. The number of nitrogens with one attached hydrogen (secondary N) is 1. The summed E-state index contributed by atoms with van der Waals surface area (Å²) in [6.07, 6.45) is 2.54. The van der Waals surface area contributed by atoms with E-state index in [0.29, 0.717) is 24.9 Å². The van der Waals surface area contributed by atoms with Crippen molar-refractivity contribution in [3.8, 4) is 0 Å². The minimum atomic E-state index is -0.431. The van der Waals surface area contributed by atoms with E-state index in [0.717, 1.165) is 52.0 Å². The summed E-state index contributed by atoms with van der Waals surface area (Å²) in [5.41, 5.74) is -0.207. The van der Waals surface area contributed by atoms with Crippen molar-refractivity contribution in [3.63, 3.8) is 0 Å². The quantitative estimate of drug-likeness (QED) is 0.793. The highest BCUT2D eigenvalue weighted by Crippen LogP contribution is 2.57. The predicted molar refractivity (Wildman–Crippen MR) is 119 cm³/mol. The van der Waals surface area contributed by atoms with E-state index >= 15 is 0 Å². The number of piperidine rings is 1. The number of nitrogens with zero attached hydrogens (tertiary/aromatic N) is 3. The van der Waals surface area contributed by atoms with Crippen LogP contribution < -0.4 is 5.32 Å². The topological polar surface area (TPSA) is 55.9 Å². The molecular weight excluding hydrogens is 395 g/mol. The van der Waals surface area contributed by atoms with Gasteiger partial charge >= 0.3 is 6.03 Å². The third-order valence-corrected chi connectivity index (χ3v) is 7.67. The van der Waals surface area contributed by atoms with Gasteiger partial charge in [0.05, 0.1) is 11.1 Å². The number of carbonyl (C=O) groups excluding carboxylic acids is 2. The predicted octanol–water partition coefficient (Wildman–Crippen LogP) is 3.65. The molecule has 6 nitrogen and oxygen atoms in total. The van der Waals surface area contributed by atoms with Crippen molar-refractivity contribution in [1.82, 2.24) is 14.7 Å². The molecule has 3 amide bonds. The molecule has 0 saturated carbocycles. The van der Waals surface area contributed by atoms with Gasteiger partial charge in [0.1, 0.15) is 5.82 Å². The molecule has 3 heterocycles. The Hall–Kier alpha value is -2.15. The number of para-hydroxylation sites is 1. The molecule has 7 heteroatoms. The third-order valence-electron chi connectivity index (χ3n) is 7.67. The number of amides is 3. The molecule has 170 valence electrons. The number of rotatable bonds is 4. The lowest BCUT2D eigenvalue weighted by molar-refractivity contribution is -0.141. The number of benzene rings is 1. The van der Waals surface area contributed by atoms with Crippen molar-refractivity contribution in [2.45, 2.75) is 40.0 Å². The first kappa shape index (κ1) is 22.1. The number of urea groups is 1. The van der Waals surface area contributed by atoms with Crippen LogP contribution in [0.3, 0.4) is 0 Å². The summed E-state index contributed by atoms with van der Waals surface area (Å²) < 4.78 is 13.9. The number of hydrogen-bond donors (Lipinski definition) is 1. The van der Waals surface area contributed by atoms with Crippen LogP contribution in [0.4, 0.5) is 14.9 Å². The Morgan fingerprint density at radius 1 is 1.13 bits per heavy atom. The minimum absolute atomic E-state index is 0.0856. The maximum atomic E-state index is 13.9. The Morgan fingerprint density at radius 2 is 1.84 bits per heavy atom. The van der Waals surface area contributed by atoms with Crippen molar-refractivity contribution in [2.75, 3.05) is 51.1 Å². The van der Waals surface area contributed by atoms with Crippen LogP contribution in [0, 0.1) is 22.6 Å². The lowest BCUT2D eigenvalue weighted by Crippen LogP contribution is -2.54. The SMILES string of the molecule is CCN1CCC2(CN(CC(C)C)CC23CCN(C(=O)Nc2ccccc2F)CC3)C1=O. The number of fused-ring (bicyclic) bond motifs is 1. The van der Waals surface area contributed by atoms with Gasteiger partial charge in [-0.2, -0.15) is 0 Å². The van der Waals surface area contributed by atoms with E-state index in [1.807, 2.05) is 4.90 Å². The van der Waals surface area contributed by atoms with Crippen LogP contribution in [0.1, 0.15) is 40.0 Å². The maximum Gasteiger partial charge on any atom is 0.321 e. The fourth-order valence-corrected chi connectivity index (χ4v) is 6.14. The van der Waals surface area contributed by atoms with Gasteiger partial charge in [-0.15, -0.1) is 0 Å². The Kier molecular flexibility index (Phi) is 5.99. The van der Waals surface area contributed by atoms with Gasteiger partial charge in [-0.25, -0.2) is 9.18 Å². The van der Waals surface area contributed by atoms with Crippen LogP contribution in [0.5, 0.6) is 0 Å². The molecule has 0 radical (unpaired) electrons. The molecule has 1 aromatic rings. The number of likely N-dealkylation sites (tertiary alicyclic amines) is 3. The molecule has 3 fully saturated rings. The van der Waals surface area contributed by atoms with Gasteiger partial charge in [0.25, 0.3) is 0 Å². The van der Waals surface area contributed by atoms with Gasteiger partial charge in [-0.05, 0) is 44.2 Å². The largest absolute Gasteiger partial charge is 0.342 e. The molecule has 3 saturated heterocycles. The number of anilines is 1. The number of hydrogen-bond acceptors (Lipinski definition) is 3. The molecule has 0 aliphatic carbocycles. The van der Waals surface area contributed by atoms with Crippen LogP contribution in [0.25, 0.3) is 0 Å². The molecule has 4 rings (SSSR count). The summed E-state index contributed by atoms with van der Waals surface area (Å²) in [4.78, 5) is 32.6. The van der Waals surface area contributed by atoms with Gasteiger partial charge in [-0.3, -0.25) is 4.79 Å². The van der Waals surface area contributed by atoms with Crippen LogP contribution in [-0.2, 0) is 4.79 Å². The minimum Gasteiger partial charge on any atom is -0.342 e. The molecule has 31 heavy (non-hydrogen) atoms. The standard InChI is InChI=1S/C24H35FN4O2/c1-4-28-14-11-24(21(28)30)17-27(15-18(2)3)16-23(24)9-12-29(13-10-23)22(31)26-20-8-6-5-7-19(20)25/h5-8,18H,4,9-17H2,1-3H3,(H,26,31). The van der Waals surface area contributed by atoms with E-state index < -0.39 is 5.82 Å². The van der Waals surface area contributed by atoms with Crippen LogP contribution in [0.15, 0.2) is 24.3 Å². The van der Waals surface area contributed by atoms with E-state index in [9.17, 15) is 14.0 Å². The van der Waals surface area contributed by atoms with Crippen LogP contribution in [-0.4, -0.2) is 72.5 Å². The zero-order valence-corrected chi connectivity index (χ0v) is 19.0. The van der Waals surface area contributed by atoms with E-state index in [1.54, 1.807) is 23.1 Å². The smallest absolute Gasteiger partial charge is 0.321 e. The third kappa shape index (κ3) is 3.81. The van der Waals surface area contributed by atoms with Crippen molar-refractivity contribution in [2.24, 2.45) is 16.7 Å². The van der Waals surface area contributed by atoms with Crippen LogP contribution in [0.2, 0.25) is 0 Å². The van der Waals surface area contributed by atoms with Gasteiger partial charge in [-0.1, -0.05) is 26.0 Å². The second kappa shape index (κ2) is 8.41. The summed E-state index contributed by atoms with van der Waals surface area (Å²) in [7, 11) is 0. The average Bonchev–Trinajstić information content (AvgIpc) is 3.21. The van der Waals surface area contributed by atoms with Gasteiger partial charge < -0.3 is 20.0 Å². The number of carbonyl (C=O) groups is 2. The first-order valence-electron chi connectivity index (χ1n) is 11.6. The first-order chi connectivity index (χ1) is 14.8. The summed E-state index contributed by atoms with van der Waals surface area (Å²) in [5, 5.41) is 2.71. The Balaban J connectivity index is 1.50. The molecule has 2 spiro atoms. The fourth-order valence-electron chi connectivity index (χ4n) is 6.14. The summed E-state index contributed by atoms with van der Waals surface area (Å²) in [5.74, 6) is 0.433. The highest BCUT2D eigenvalue weighted by atomic mass is 19.1. The molecule has 0 bridgehead atoms. The van der Waals surface area contributed by atoms with Crippen molar-refractivity contribution in [1.29, 1.82) is 0 Å².